The van der Waals surface area contributed by atoms with E-state index < -0.39 is 0 Å². The monoisotopic (exact) mass is 331 g/mol. The highest BCUT2D eigenvalue weighted by Crippen LogP contribution is 2.52. The second-order valence-electron chi connectivity index (χ2n) is 5.89. The van der Waals surface area contributed by atoms with Crippen LogP contribution in [0.1, 0.15) is 12.0 Å². The molecule has 1 heterocycles. The lowest BCUT2D eigenvalue weighted by Gasteiger charge is -2.17. The quantitative estimate of drug-likeness (QED) is 0.617. The third-order valence-corrected chi connectivity index (χ3v) is 5.34. The smallest absolute Gasteiger partial charge is 0.234 e. The molecule has 0 aromatic heterocycles. The van der Waals surface area contributed by atoms with Crippen LogP contribution in [0.2, 0.25) is 0 Å². The average molecular weight is 332 g/mol. The number of imide groups is 1. The van der Waals surface area contributed by atoms with Crippen LogP contribution in [0, 0.1) is 23.7 Å². The standard InChI is InChI=1S/C16H14BrNO2/c17-12-5-1-9(2-6-12)8-18-15(19)13-10-3-4-11(7-10)14(13)16(18)20/h1-6,10-11,13-14H,7-8H2. The fourth-order valence-electron chi connectivity index (χ4n) is 3.89. The molecular formula is C16H14BrNO2. The number of amides is 2. The molecule has 3 nitrogen and oxygen atoms in total. The van der Waals surface area contributed by atoms with Gasteiger partial charge in [-0.05, 0) is 36.0 Å². The summed E-state index contributed by atoms with van der Waals surface area (Å²) in [6, 6.07) is 7.77. The van der Waals surface area contributed by atoms with E-state index in [-0.39, 0.29) is 35.5 Å². The van der Waals surface area contributed by atoms with Crippen molar-refractivity contribution in [2.24, 2.45) is 23.7 Å². The van der Waals surface area contributed by atoms with Crippen LogP contribution in [0.3, 0.4) is 0 Å². The number of nitrogens with zero attached hydrogens (tertiary/aromatic N) is 1. The molecule has 2 fully saturated rings. The lowest BCUT2D eigenvalue weighted by molar-refractivity contribution is -0.141. The van der Waals surface area contributed by atoms with E-state index in [1.807, 2.05) is 24.3 Å². The summed E-state index contributed by atoms with van der Waals surface area (Å²) in [5.41, 5.74) is 0.996. The average Bonchev–Trinajstić information content (AvgIpc) is 3.11. The molecule has 4 unspecified atom stereocenters. The van der Waals surface area contributed by atoms with E-state index in [4.69, 9.17) is 0 Å². The molecule has 1 aromatic carbocycles. The van der Waals surface area contributed by atoms with E-state index in [1.165, 1.54) is 4.90 Å². The lowest BCUT2D eigenvalue weighted by Crippen LogP contribution is -2.32. The molecule has 1 aliphatic heterocycles. The van der Waals surface area contributed by atoms with Crippen molar-refractivity contribution in [1.82, 2.24) is 4.90 Å². The Morgan fingerprint density at radius 3 is 2.10 bits per heavy atom. The predicted octanol–water partition coefficient (Wildman–Crippen LogP) is 2.76. The van der Waals surface area contributed by atoms with Gasteiger partial charge in [0.15, 0.2) is 0 Å². The summed E-state index contributed by atoms with van der Waals surface area (Å²) in [4.78, 5) is 26.5. The second-order valence-corrected chi connectivity index (χ2v) is 6.80. The van der Waals surface area contributed by atoms with Gasteiger partial charge in [-0.15, -0.1) is 0 Å². The van der Waals surface area contributed by atoms with E-state index in [1.54, 1.807) is 0 Å². The van der Waals surface area contributed by atoms with E-state index in [0.29, 0.717) is 6.54 Å². The number of carbonyl (C=O) groups is 2. The number of allylic oxidation sites excluding steroid dienone is 2. The van der Waals surface area contributed by atoms with Crippen LogP contribution in [-0.2, 0) is 16.1 Å². The minimum atomic E-state index is -0.0899. The Hall–Kier alpha value is -1.42. The Morgan fingerprint density at radius 1 is 1.00 bits per heavy atom. The molecule has 1 saturated carbocycles. The molecule has 20 heavy (non-hydrogen) atoms. The molecule has 2 bridgehead atoms. The normalized spacial score (nSPS) is 34.1. The van der Waals surface area contributed by atoms with Crippen LogP contribution >= 0.6 is 15.9 Å². The van der Waals surface area contributed by atoms with E-state index in [0.717, 1.165) is 16.5 Å². The number of likely N-dealkylation sites (tertiary alicyclic amines) is 1. The molecule has 4 rings (SSSR count). The number of fused-ring (bicyclic) bond motifs is 5. The molecule has 0 spiro atoms. The van der Waals surface area contributed by atoms with Gasteiger partial charge in [-0.25, -0.2) is 0 Å². The first-order valence-electron chi connectivity index (χ1n) is 6.93. The summed E-state index contributed by atoms with van der Waals surface area (Å²) in [7, 11) is 0. The zero-order chi connectivity index (χ0) is 13.9. The van der Waals surface area contributed by atoms with Crippen molar-refractivity contribution < 1.29 is 9.59 Å². The molecule has 102 valence electrons. The van der Waals surface area contributed by atoms with Gasteiger partial charge < -0.3 is 0 Å². The SMILES string of the molecule is O=C1C2C3C=CC(C3)C2C(=O)N1Cc1ccc(Br)cc1. The zero-order valence-electron chi connectivity index (χ0n) is 10.8. The van der Waals surface area contributed by atoms with Crippen LogP contribution in [0.5, 0.6) is 0 Å². The molecule has 1 aromatic rings. The van der Waals surface area contributed by atoms with Crippen molar-refractivity contribution in [3.63, 3.8) is 0 Å². The molecule has 3 aliphatic rings. The number of carbonyl (C=O) groups excluding carboxylic acids is 2. The van der Waals surface area contributed by atoms with Crippen LogP contribution in [0.15, 0.2) is 40.9 Å². The van der Waals surface area contributed by atoms with Gasteiger partial charge >= 0.3 is 0 Å². The van der Waals surface area contributed by atoms with Gasteiger partial charge in [-0.2, -0.15) is 0 Å². The topological polar surface area (TPSA) is 37.4 Å². The van der Waals surface area contributed by atoms with Gasteiger partial charge in [0, 0.05) is 4.47 Å². The van der Waals surface area contributed by atoms with Gasteiger partial charge in [-0.3, -0.25) is 14.5 Å². The molecule has 4 heteroatoms. The highest BCUT2D eigenvalue weighted by atomic mass is 79.9. The molecule has 2 aliphatic carbocycles. The van der Waals surface area contributed by atoms with Gasteiger partial charge in [-0.1, -0.05) is 40.2 Å². The first-order chi connectivity index (χ1) is 9.65. The first kappa shape index (κ1) is 12.3. The largest absolute Gasteiger partial charge is 0.278 e. The number of hydrogen-bond acceptors (Lipinski definition) is 2. The van der Waals surface area contributed by atoms with Crippen molar-refractivity contribution in [3.05, 3.63) is 46.5 Å². The summed E-state index contributed by atoms with van der Waals surface area (Å²) in [6.45, 7) is 0.400. The molecule has 0 N–H and O–H groups in total. The number of hydrogen-bond donors (Lipinski definition) is 0. The number of benzene rings is 1. The third-order valence-electron chi connectivity index (χ3n) is 4.82. The van der Waals surface area contributed by atoms with Gasteiger partial charge in [0.2, 0.25) is 11.8 Å². The van der Waals surface area contributed by atoms with Crippen LogP contribution in [0.4, 0.5) is 0 Å². The zero-order valence-corrected chi connectivity index (χ0v) is 12.4. The Bertz CT molecular complexity index is 592. The van der Waals surface area contributed by atoms with Crippen molar-refractivity contribution in [3.8, 4) is 0 Å². The Labute approximate surface area is 125 Å². The van der Waals surface area contributed by atoms with Gasteiger partial charge in [0.1, 0.15) is 0 Å². The van der Waals surface area contributed by atoms with E-state index in [9.17, 15) is 9.59 Å². The highest BCUT2D eigenvalue weighted by Gasteiger charge is 2.59. The first-order valence-corrected chi connectivity index (χ1v) is 7.72. The second kappa shape index (κ2) is 4.29. The van der Waals surface area contributed by atoms with Gasteiger partial charge in [0.25, 0.3) is 0 Å². The minimum Gasteiger partial charge on any atom is -0.278 e. The Morgan fingerprint density at radius 2 is 1.55 bits per heavy atom. The maximum absolute atomic E-state index is 12.5. The molecule has 1 saturated heterocycles. The summed E-state index contributed by atoms with van der Waals surface area (Å²) in [6.07, 6.45) is 5.24. The Kier molecular flexibility index (Phi) is 2.64. The van der Waals surface area contributed by atoms with Crippen molar-refractivity contribution >= 4 is 27.7 Å². The summed E-state index contributed by atoms with van der Waals surface area (Å²) in [5.74, 6) is 0.452. The molecule has 4 atom stereocenters. The number of rotatable bonds is 2. The van der Waals surface area contributed by atoms with Crippen LogP contribution in [0.25, 0.3) is 0 Å². The van der Waals surface area contributed by atoms with Gasteiger partial charge in [0.05, 0.1) is 18.4 Å². The molecule has 0 radical (unpaired) electrons. The minimum absolute atomic E-state index is 0.0276. The summed E-state index contributed by atoms with van der Waals surface area (Å²) < 4.78 is 0.999. The van der Waals surface area contributed by atoms with Crippen LogP contribution < -0.4 is 0 Å². The van der Waals surface area contributed by atoms with E-state index in [2.05, 4.69) is 28.1 Å². The maximum atomic E-state index is 12.5. The highest BCUT2D eigenvalue weighted by molar-refractivity contribution is 9.10. The summed E-state index contributed by atoms with van der Waals surface area (Å²) in [5, 5.41) is 0. The fraction of sp³-hybridized carbons (Fsp3) is 0.375. The predicted molar refractivity (Wildman–Crippen MR) is 77.4 cm³/mol. The third kappa shape index (κ3) is 1.64. The maximum Gasteiger partial charge on any atom is 0.234 e. The molecule has 2 amide bonds. The van der Waals surface area contributed by atoms with Crippen molar-refractivity contribution in [2.45, 2.75) is 13.0 Å². The fourth-order valence-corrected chi connectivity index (χ4v) is 4.16. The summed E-state index contributed by atoms with van der Waals surface area (Å²) >= 11 is 3.39. The lowest BCUT2D eigenvalue weighted by atomic mass is 9.85. The Balaban J connectivity index is 1.60. The number of halogens is 1. The van der Waals surface area contributed by atoms with Crippen molar-refractivity contribution in [1.29, 1.82) is 0 Å². The van der Waals surface area contributed by atoms with E-state index >= 15 is 0 Å². The van der Waals surface area contributed by atoms with Crippen molar-refractivity contribution in [2.75, 3.05) is 0 Å². The molecular weight excluding hydrogens is 318 g/mol. The van der Waals surface area contributed by atoms with Crippen LogP contribution in [-0.4, -0.2) is 16.7 Å².